The maximum absolute atomic E-state index is 11.8. The maximum Gasteiger partial charge on any atom is 0.455 e. The monoisotopic (exact) mass is 251 g/mol. The summed E-state index contributed by atoms with van der Waals surface area (Å²) in [4.78, 5) is 21.8. The Bertz CT molecular complexity index is 657. The van der Waals surface area contributed by atoms with E-state index in [9.17, 15) is 14.9 Å². The van der Waals surface area contributed by atoms with E-state index in [2.05, 4.69) is 10.2 Å². The van der Waals surface area contributed by atoms with Crippen molar-refractivity contribution in [3.63, 3.8) is 0 Å². The number of nitro groups is 1. The summed E-state index contributed by atoms with van der Waals surface area (Å²) in [6.07, 6.45) is 1.76. The van der Waals surface area contributed by atoms with Crippen LogP contribution in [0.25, 0.3) is 5.65 Å². The van der Waals surface area contributed by atoms with Gasteiger partial charge in [0.2, 0.25) is 0 Å². The lowest BCUT2D eigenvalue weighted by atomic mass is 10.3. The van der Waals surface area contributed by atoms with Crippen molar-refractivity contribution in [3.05, 3.63) is 32.2 Å². The zero-order chi connectivity index (χ0) is 13.3. The molecular weight excluding hydrogens is 238 g/mol. The van der Waals surface area contributed by atoms with Crippen molar-refractivity contribution < 1.29 is 4.92 Å². The summed E-state index contributed by atoms with van der Waals surface area (Å²) in [5.74, 6) is -0.693. The summed E-state index contributed by atoms with van der Waals surface area (Å²) >= 11 is 0. The van der Waals surface area contributed by atoms with Gasteiger partial charge in [0, 0.05) is 6.07 Å². The Morgan fingerprint density at radius 1 is 1.44 bits per heavy atom. The van der Waals surface area contributed by atoms with Crippen LogP contribution in [0.15, 0.2) is 10.9 Å². The molecule has 0 aromatic carbocycles. The van der Waals surface area contributed by atoms with E-state index in [0.717, 1.165) is 17.4 Å². The second kappa shape index (κ2) is 4.55. The zero-order valence-electron chi connectivity index (χ0n) is 10.2. The predicted molar refractivity (Wildman–Crippen MR) is 63.5 cm³/mol. The third-order valence-corrected chi connectivity index (χ3v) is 2.57. The van der Waals surface area contributed by atoms with Crippen molar-refractivity contribution in [2.45, 2.75) is 33.2 Å². The molecule has 0 aliphatic carbocycles. The van der Waals surface area contributed by atoms with Crippen molar-refractivity contribution in [2.75, 3.05) is 0 Å². The molecule has 0 fully saturated rings. The number of hydrogen-bond acceptors (Lipinski definition) is 5. The first kappa shape index (κ1) is 12.2. The van der Waals surface area contributed by atoms with Gasteiger partial charge in [0.1, 0.15) is 0 Å². The Labute approximate surface area is 102 Å². The van der Waals surface area contributed by atoms with Gasteiger partial charge < -0.3 is 10.1 Å². The van der Waals surface area contributed by atoms with Crippen LogP contribution in [0.5, 0.6) is 0 Å². The molecule has 0 atom stereocenters. The second-order valence-electron chi connectivity index (χ2n) is 4.02. The van der Waals surface area contributed by atoms with Gasteiger partial charge in [0.15, 0.2) is 5.65 Å². The topological polar surface area (TPSA) is 95.3 Å². The van der Waals surface area contributed by atoms with Crippen molar-refractivity contribution in [1.29, 1.82) is 0 Å². The highest BCUT2D eigenvalue weighted by molar-refractivity contribution is 5.40. The van der Waals surface area contributed by atoms with Crippen LogP contribution in [0, 0.1) is 17.0 Å². The molecule has 0 saturated carbocycles. The molecule has 8 heteroatoms. The first-order chi connectivity index (χ1) is 8.54. The van der Waals surface area contributed by atoms with Gasteiger partial charge >= 0.3 is 11.4 Å². The Morgan fingerprint density at radius 2 is 2.17 bits per heavy atom. The van der Waals surface area contributed by atoms with Gasteiger partial charge in [-0.05, 0) is 18.3 Å². The number of aryl methyl sites for hydroxylation is 2. The Kier molecular flexibility index (Phi) is 3.09. The van der Waals surface area contributed by atoms with E-state index in [1.807, 2.05) is 6.92 Å². The van der Waals surface area contributed by atoms with Crippen molar-refractivity contribution in [2.24, 2.45) is 0 Å². The van der Waals surface area contributed by atoms with Gasteiger partial charge in [-0.1, -0.05) is 13.3 Å². The minimum Gasteiger partial charge on any atom is -0.358 e. The van der Waals surface area contributed by atoms with Crippen LogP contribution < -0.4 is 5.56 Å². The van der Waals surface area contributed by atoms with Gasteiger partial charge in [-0.25, -0.2) is 0 Å². The number of fused-ring (bicyclic) bond motifs is 1. The Balaban J connectivity index is 2.71. The predicted octanol–water partition coefficient (Wildman–Crippen LogP) is 0.908. The molecule has 0 bridgehead atoms. The lowest BCUT2D eigenvalue weighted by molar-refractivity contribution is -0.392. The average Bonchev–Trinajstić information content (AvgIpc) is 2.70. The van der Waals surface area contributed by atoms with E-state index in [0.29, 0.717) is 17.9 Å². The van der Waals surface area contributed by atoms with Crippen LogP contribution in [-0.2, 0) is 6.54 Å². The highest BCUT2D eigenvalue weighted by Gasteiger charge is 2.22. The molecule has 2 rings (SSSR count). The smallest absolute Gasteiger partial charge is 0.358 e. The molecular formula is C10H13N5O3. The quantitative estimate of drug-likeness (QED) is 0.594. The zero-order valence-corrected chi connectivity index (χ0v) is 10.2. The van der Waals surface area contributed by atoms with Crippen molar-refractivity contribution in [1.82, 2.24) is 19.4 Å². The minimum atomic E-state index is -0.796. The van der Waals surface area contributed by atoms with E-state index in [1.54, 1.807) is 13.0 Å². The SMILES string of the molecule is CCCCn1nc([N+](=O)[O-])c(=O)n2nc(C)cc12. The summed E-state index contributed by atoms with van der Waals surface area (Å²) in [5.41, 5.74) is 0.312. The molecule has 0 aliphatic rings. The summed E-state index contributed by atoms with van der Waals surface area (Å²) in [5, 5.41) is 18.5. The molecule has 2 aromatic rings. The molecule has 0 spiro atoms. The Hall–Kier alpha value is -2.25. The lowest BCUT2D eigenvalue weighted by Crippen LogP contribution is -2.24. The van der Waals surface area contributed by atoms with Gasteiger partial charge in [-0.3, -0.25) is 4.79 Å². The first-order valence-electron chi connectivity index (χ1n) is 5.66. The van der Waals surface area contributed by atoms with Gasteiger partial charge in [-0.15, -0.1) is 0 Å². The normalized spacial score (nSPS) is 11.0. The van der Waals surface area contributed by atoms with Crippen LogP contribution in [0.4, 0.5) is 5.82 Å². The fourth-order valence-corrected chi connectivity index (χ4v) is 1.71. The molecule has 8 nitrogen and oxygen atoms in total. The van der Waals surface area contributed by atoms with Crippen LogP contribution in [0.2, 0.25) is 0 Å². The molecule has 0 radical (unpaired) electrons. The number of rotatable bonds is 4. The molecule has 2 aromatic heterocycles. The molecule has 0 saturated heterocycles. The lowest BCUT2D eigenvalue weighted by Gasteiger charge is -2.02. The van der Waals surface area contributed by atoms with Crippen LogP contribution in [0.1, 0.15) is 25.5 Å². The van der Waals surface area contributed by atoms with E-state index >= 15 is 0 Å². The largest absolute Gasteiger partial charge is 0.455 e. The number of aromatic nitrogens is 4. The average molecular weight is 251 g/mol. The number of unbranched alkanes of at least 4 members (excludes halogenated alkanes) is 1. The second-order valence-corrected chi connectivity index (χ2v) is 4.02. The van der Waals surface area contributed by atoms with Gasteiger partial charge in [-0.2, -0.15) is 14.3 Å². The standard InChI is InChI=1S/C10H13N5O3/c1-3-4-5-13-8-6-7(2)11-14(8)10(16)9(12-13)15(17)18/h6H,3-5H2,1-2H3. The van der Waals surface area contributed by atoms with E-state index in [4.69, 9.17) is 0 Å². The summed E-state index contributed by atoms with van der Waals surface area (Å²) in [6, 6.07) is 1.69. The van der Waals surface area contributed by atoms with E-state index < -0.39 is 16.3 Å². The highest BCUT2D eigenvalue weighted by atomic mass is 16.6. The molecule has 0 N–H and O–H groups in total. The van der Waals surface area contributed by atoms with E-state index in [1.165, 1.54) is 4.68 Å². The van der Waals surface area contributed by atoms with Crippen molar-refractivity contribution >= 4 is 11.5 Å². The summed E-state index contributed by atoms with van der Waals surface area (Å²) in [6.45, 7) is 4.25. The molecule has 2 heterocycles. The molecule has 96 valence electrons. The minimum absolute atomic E-state index is 0.483. The molecule has 0 aliphatic heterocycles. The Morgan fingerprint density at radius 3 is 2.78 bits per heavy atom. The van der Waals surface area contributed by atoms with Crippen LogP contribution >= 0.6 is 0 Å². The highest BCUT2D eigenvalue weighted by Crippen LogP contribution is 2.07. The third-order valence-electron chi connectivity index (χ3n) is 2.57. The van der Waals surface area contributed by atoms with Crippen molar-refractivity contribution in [3.8, 4) is 0 Å². The first-order valence-corrected chi connectivity index (χ1v) is 5.66. The fraction of sp³-hybridized carbons (Fsp3) is 0.500. The number of nitrogens with zero attached hydrogens (tertiary/aromatic N) is 5. The fourth-order valence-electron chi connectivity index (χ4n) is 1.71. The summed E-state index contributed by atoms with van der Waals surface area (Å²) < 4.78 is 2.50. The van der Waals surface area contributed by atoms with Crippen LogP contribution in [-0.4, -0.2) is 24.3 Å². The van der Waals surface area contributed by atoms with Gasteiger partial charge in [0.25, 0.3) is 0 Å². The third kappa shape index (κ3) is 1.96. The number of hydrogen-bond donors (Lipinski definition) is 0. The van der Waals surface area contributed by atoms with E-state index in [-0.39, 0.29) is 0 Å². The summed E-state index contributed by atoms with van der Waals surface area (Å²) in [7, 11) is 0. The molecule has 18 heavy (non-hydrogen) atoms. The molecule has 0 amide bonds. The maximum atomic E-state index is 11.8. The van der Waals surface area contributed by atoms with Crippen LogP contribution in [0.3, 0.4) is 0 Å². The van der Waals surface area contributed by atoms with Gasteiger partial charge in [0.05, 0.1) is 17.3 Å². The molecule has 0 unspecified atom stereocenters.